The van der Waals surface area contributed by atoms with Crippen molar-refractivity contribution >= 4 is 34.5 Å². The molecule has 0 aliphatic heterocycles. The Hall–Kier alpha value is -3.52. The highest BCUT2D eigenvalue weighted by atomic mass is 32.2. The SMILES string of the molecule is CCOc1ccc(-n2c(SCC(=O)c3ccc(CNC(C)=O)o3)nc3ccccc32)cc1. The first-order valence-corrected chi connectivity index (χ1v) is 11.2. The van der Waals surface area contributed by atoms with E-state index >= 15 is 0 Å². The molecule has 0 fully saturated rings. The molecule has 2 aromatic heterocycles. The highest BCUT2D eigenvalue weighted by Crippen LogP contribution is 2.29. The zero-order valence-corrected chi connectivity index (χ0v) is 18.6. The van der Waals surface area contributed by atoms with Crippen LogP contribution in [0.3, 0.4) is 0 Å². The molecule has 0 saturated heterocycles. The molecule has 0 spiro atoms. The standard InChI is InChI=1S/C24H23N3O4S/c1-3-30-18-10-8-17(9-11-18)27-21-7-5-4-6-20(21)26-24(27)32-15-22(29)23-13-12-19(31-23)14-25-16(2)28/h4-13H,3,14-15H2,1-2H3,(H,25,28). The van der Waals surface area contributed by atoms with Crippen molar-refractivity contribution in [2.24, 2.45) is 0 Å². The molecular formula is C24H23N3O4S. The van der Waals surface area contributed by atoms with E-state index in [1.54, 1.807) is 12.1 Å². The number of nitrogens with zero attached hydrogens (tertiary/aromatic N) is 2. The second kappa shape index (κ2) is 9.74. The van der Waals surface area contributed by atoms with E-state index in [1.165, 1.54) is 18.7 Å². The number of ketones is 1. The van der Waals surface area contributed by atoms with Crippen molar-refractivity contribution in [1.82, 2.24) is 14.9 Å². The van der Waals surface area contributed by atoms with Gasteiger partial charge in [-0.25, -0.2) is 4.98 Å². The average Bonchev–Trinajstić information content (AvgIpc) is 3.41. The minimum atomic E-state index is -0.155. The van der Waals surface area contributed by atoms with Gasteiger partial charge in [0, 0.05) is 12.6 Å². The van der Waals surface area contributed by atoms with E-state index in [4.69, 9.17) is 14.1 Å². The quantitative estimate of drug-likeness (QED) is 0.296. The Balaban J connectivity index is 1.55. The smallest absolute Gasteiger partial charge is 0.217 e. The second-order valence-electron chi connectivity index (χ2n) is 7.03. The summed E-state index contributed by atoms with van der Waals surface area (Å²) >= 11 is 1.35. The van der Waals surface area contributed by atoms with Crippen LogP contribution in [0.25, 0.3) is 16.7 Å². The summed E-state index contributed by atoms with van der Waals surface area (Å²) in [5, 5.41) is 3.37. The van der Waals surface area contributed by atoms with Crippen LogP contribution in [0.5, 0.6) is 5.75 Å². The van der Waals surface area contributed by atoms with Gasteiger partial charge in [-0.15, -0.1) is 0 Å². The minimum absolute atomic E-state index is 0.144. The fourth-order valence-electron chi connectivity index (χ4n) is 3.24. The predicted molar refractivity (Wildman–Crippen MR) is 124 cm³/mol. The molecule has 2 heterocycles. The molecule has 0 saturated carbocycles. The number of fused-ring (bicyclic) bond motifs is 1. The van der Waals surface area contributed by atoms with E-state index < -0.39 is 0 Å². The third-order valence-corrected chi connectivity index (χ3v) is 5.65. The van der Waals surface area contributed by atoms with Gasteiger partial charge < -0.3 is 14.5 Å². The van der Waals surface area contributed by atoms with E-state index in [1.807, 2.05) is 60.0 Å². The van der Waals surface area contributed by atoms with Crippen LogP contribution in [0, 0.1) is 0 Å². The van der Waals surface area contributed by atoms with Crippen molar-refractivity contribution in [3.63, 3.8) is 0 Å². The molecule has 1 N–H and O–H groups in total. The molecule has 7 nitrogen and oxygen atoms in total. The van der Waals surface area contributed by atoms with Crippen LogP contribution in [0.15, 0.2) is 70.2 Å². The summed E-state index contributed by atoms with van der Waals surface area (Å²) in [6.07, 6.45) is 0. The molecule has 4 rings (SSSR count). The van der Waals surface area contributed by atoms with Crippen LogP contribution in [-0.4, -0.2) is 33.6 Å². The first-order valence-electron chi connectivity index (χ1n) is 10.2. The maximum Gasteiger partial charge on any atom is 0.217 e. The lowest BCUT2D eigenvalue weighted by atomic mass is 10.2. The number of benzene rings is 2. The molecule has 2 aromatic carbocycles. The molecule has 8 heteroatoms. The van der Waals surface area contributed by atoms with Crippen LogP contribution in [0.4, 0.5) is 0 Å². The highest BCUT2D eigenvalue weighted by Gasteiger charge is 2.17. The Morgan fingerprint density at radius 3 is 2.62 bits per heavy atom. The number of thioether (sulfide) groups is 1. The molecular weight excluding hydrogens is 426 g/mol. The molecule has 164 valence electrons. The van der Waals surface area contributed by atoms with Crippen LogP contribution >= 0.6 is 11.8 Å². The van der Waals surface area contributed by atoms with Crippen molar-refractivity contribution in [2.75, 3.05) is 12.4 Å². The number of amides is 1. The monoisotopic (exact) mass is 449 g/mol. The second-order valence-corrected chi connectivity index (χ2v) is 7.98. The van der Waals surface area contributed by atoms with E-state index in [-0.39, 0.29) is 29.7 Å². The number of carbonyl (C=O) groups is 2. The lowest BCUT2D eigenvalue weighted by Gasteiger charge is -2.10. The molecule has 0 atom stereocenters. The summed E-state index contributed by atoms with van der Waals surface area (Å²) in [7, 11) is 0. The largest absolute Gasteiger partial charge is 0.494 e. The number of hydrogen-bond donors (Lipinski definition) is 1. The third kappa shape index (κ3) is 4.86. The van der Waals surface area contributed by atoms with Gasteiger partial charge in [0.15, 0.2) is 10.9 Å². The molecule has 32 heavy (non-hydrogen) atoms. The minimum Gasteiger partial charge on any atom is -0.494 e. The normalized spacial score (nSPS) is 10.9. The fraction of sp³-hybridized carbons (Fsp3) is 0.208. The Morgan fingerprint density at radius 2 is 1.88 bits per heavy atom. The Bertz CT molecular complexity index is 1240. The van der Waals surface area contributed by atoms with Gasteiger partial charge in [0.1, 0.15) is 11.5 Å². The van der Waals surface area contributed by atoms with Crippen LogP contribution in [-0.2, 0) is 11.3 Å². The number of furan rings is 1. The van der Waals surface area contributed by atoms with Crippen molar-refractivity contribution in [2.45, 2.75) is 25.5 Å². The van der Waals surface area contributed by atoms with Gasteiger partial charge >= 0.3 is 0 Å². The van der Waals surface area contributed by atoms with Crippen molar-refractivity contribution in [3.05, 3.63) is 72.2 Å². The number of para-hydroxylation sites is 2. The maximum atomic E-state index is 12.7. The highest BCUT2D eigenvalue weighted by molar-refractivity contribution is 7.99. The first kappa shape index (κ1) is 21.7. The number of carbonyl (C=O) groups excluding carboxylic acids is 2. The lowest BCUT2D eigenvalue weighted by Crippen LogP contribution is -2.18. The Kier molecular flexibility index (Phi) is 6.61. The number of hydrogen-bond acceptors (Lipinski definition) is 6. The topological polar surface area (TPSA) is 86.4 Å². The number of aromatic nitrogens is 2. The van der Waals surface area contributed by atoms with Gasteiger partial charge in [-0.05, 0) is 55.5 Å². The van der Waals surface area contributed by atoms with E-state index in [2.05, 4.69) is 5.32 Å². The summed E-state index contributed by atoms with van der Waals surface area (Å²) in [5.74, 6) is 1.48. The molecule has 4 aromatic rings. The molecule has 0 aliphatic carbocycles. The third-order valence-electron chi connectivity index (χ3n) is 4.72. The number of rotatable bonds is 9. The number of Topliss-reactive ketones (excluding diaryl/α,β-unsaturated/α-hetero) is 1. The van der Waals surface area contributed by atoms with E-state index in [0.29, 0.717) is 17.5 Å². The van der Waals surface area contributed by atoms with E-state index in [0.717, 1.165) is 22.5 Å². The molecule has 0 bridgehead atoms. The van der Waals surface area contributed by atoms with Gasteiger partial charge in [-0.2, -0.15) is 0 Å². The van der Waals surface area contributed by atoms with Gasteiger partial charge in [0.05, 0.1) is 29.9 Å². The zero-order valence-electron chi connectivity index (χ0n) is 17.8. The first-order chi connectivity index (χ1) is 15.5. The van der Waals surface area contributed by atoms with Crippen molar-refractivity contribution < 1.29 is 18.7 Å². The van der Waals surface area contributed by atoms with Crippen molar-refractivity contribution in [1.29, 1.82) is 0 Å². The Morgan fingerprint density at radius 1 is 1.09 bits per heavy atom. The van der Waals surface area contributed by atoms with Gasteiger partial charge in [-0.3, -0.25) is 14.2 Å². The zero-order chi connectivity index (χ0) is 22.5. The maximum absolute atomic E-state index is 12.7. The van der Waals surface area contributed by atoms with Crippen LogP contribution < -0.4 is 10.1 Å². The van der Waals surface area contributed by atoms with Crippen LogP contribution in [0.2, 0.25) is 0 Å². The summed E-state index contributed by atoms with van der Waals surface area (Å²) in [5.41, 5.74) is 2.75. The molecule has 0 aliphatic rings. The summed E-state index contributed by atoms with van der Waals surface area (Å²) in [4.78, 5) is 28.5. The lowest BCUT2D eigenvalue weighted by molar-refractivity contribution is -0.119. The van der Waals surface area contributed by atoms with Crippen LogP contribution in [0.1, 0.15) is 30.2 Å². The van der Waals surface area contributed by atoms with Gasteiger partial charge in [-0.1, -0.05) is 23.9 Å². The average molecular weight is 450 g/mol. The Labute approximate surface area is 189 Å². The summed E-state index contributed by atoms with van der Waals surface area (Å²) < 4.78 is 13.2. The van der Waals surface area contributed by atoms with E-state index in [9.17, 15) is 9.59 Å². The molecule has 0 radical (unpaired) electrons. The number of imidazole rings is 1. The predicted octanol–water partition coefficient (Wildman–Crippen LogP) is 4.63. The summed E-state index contributed by atoms with van der Waals surface area (Å²) in [6, 6.07) is 19.0. The molecule has 1 amide bonds. The number of nitrogens with one attached hydrogen (secondary N) is 1. The van der Waals surface area contributed by atoms with Gasteiger partial charge in [0.2, 0.25) is 11.7 Å². The van der Waals surface area contributed by atoms with Gasteiger partial charge in [0.25, 0.3) is 0 Å². The number of ether oxygens (including phenoxy) is 1. The summed E-state index contributed by atoms with van der Waals surface area (Å²) in [6.45, 7) is 4.24. The fourth-order valence-corrected chi connectivity index (χ4v) is 4.14. The molecule has 0 unspecified atom stereocenters. The van der Waals surface area contributed by atoms with Crippen molar-refractivity contribution in [3.8, 4) is 11.4 Å².